The molecule has 0 radical (unpaired) electrons. The molecule has 4 rings (SSSR count). The van der Waals surface area contributed by atoms with Crippen molar-refractivity contribution in [2.45, 2.75) is 26.8 Å². The lowest BCUT2D eigenvalue weighted by Crippen LogP contribution is -2.38. The highest BCUT2D eigenvalue weighted by atomic mass is 127. The molecule has 3 N–H and O–H groups in total. The smallest absolute Gasteiger partial charge is 0.191 e. The van der Waals surface area contributed by atoms with Gasteiger partial charge in [0.2, 0.25) is 0 Å². The summed E-state index contributed by atoms with van der Waals surface area (Å²) in [7, 11) is 1.78. The van der Waals surface area contributed by atoms with Crippen molar-refractivity contribution in [2.24, 2.45) is 4.99 Å². The van der Waals surface area contributed by atoms with Crippen molar-refractivity contribution in [2.75, 3.05) is 13.6 Å². The van der Waals surface area contributed by atoms with Gasteiger partial charge in [0.05, 0.1) is 22.4 Å². The van der Waals surface area contributed by atoms with Gasteiger partial charge in [0.15, 0.2) is 5.96 Å². The van der Waals surface area contributed by atoms with Gasteiger partial charge < -0.3 is 15.6 Å². The van der Waals surface area contributed by atoms with Gasteiger partial charge in [0, 0.05) is 32.3 Å². The number of aryl methyl sites for hydroxylation is 2. The van der Waals surface area contributed by atoms with Gasteiger partial charge in [-0.1, -0.05) is 30.3 Å². The van der Waals surface area contributed by atoms with Crippen molar-refractivity contribution >= 4 is 41.0 Å². The molecule has 2 aromatic heterocycles. The normalized spacial score (nSPS) is 11.4. The Morgan fingerprint density at radius 2 is 1.84 bits per heavy atom. The number of hydrogen-bond acceptors (Lipinski definition) is 3. The fraction of sp³-hybridized carbons (Fsp3) is 0.261. The number of guanidine groups is 1. The first-order valence-electron chi connectivity index (χ1n) is 10.1. The van der Waals surface area contributed by atoms with E-state index < -0.39 is 0 Å². The van der Waals surface area contributed by atoms with Gasteiger partial charge in [-0.05, 0) is 43.7 Å². The molecule has 0 saturated carbocycles. The number of hydrogen-bond donors (Lipinski definition) is 3. The second-order valence-corrected chi connectivity index (χ2v) is 7.27. The van der Waals surface area contributed by atoms with E-state index >= 15 is 0 Å². The van der Waals surface area contributed by atoms with E-state index in [0.717, 1.165) is 58.4 Å². The second-order valence-electron chi connectivity index (χ2n) is 7.27. The molecule has 2 heterocycles. The lowest BCUT2D eigenvalue weighted by molar-refractivity contribution is 0.765. The number of fused-ring (bicyclic) bond motifs is 1. The standard InChI is InChI=1S/C23H27N7.HI/c1-16-14-17(2)30(29-16)21-11-7-4-8-18(21)15-26-23(24-3)25-13-12-22-27-19-9-5-6-10-20(19)28-22;/h4-11,14H,12-13,15H2,1-3H3,(H,27,28)(H2,24,25,26);1H. The summed E-state index contributed by atoms with van der Waals surface area (Å²) in [4.78, 5) is 12.3. The zero-order valence-corrected chi connectivity index (χ0v) is 20.3. The average molecular weight is 529 g/mol. The Hall–Kier alpha value is -2.88. The van der Waals surface area contributed by atoms with Crippen LogP contribution in [0.5, 0.6) is 0 Å². The quantitative estimate of drug-likeness (QED) is 0.201. The first kappa shape index (κ1) is 22.8. The van der Waals surface area contributed by atoms with E-state index in [2.05, 4.69) is 55.8 Å². The molecule has 0 aliphatic rings. The highest BCUT2D eigenvalue weighted by Crippen LogP contribution is 2.17. The summed E-state index contributed by atoms with van der Waals surface area (Å²) in [6.45, 7) is 5.47. The first-order chi connectivity index (χ1) is 14.6. The number of nitrogens with one attached hydrogen (secondary N) is 3. The van der Waals surface area contributed by atoms with Crippen LogP contribution in [0.3, 0.4) is 0 Å². The van der Waals surface area contributed by atoms with Crippen LogP contribution in [0.4, 0.5) is 0 Å². The van der Waals surface area contributed by atoms with Gasteiger partial charge >= 0.3 is 0 Å². The number of H-pyrrole nitrogens is 1. The third-order valence-electron chi connectivity index (χ3n) is 4.99. The Labute approximate surface area is 199 Å². The molecule has 0 unspecified atom stereocenters. The molecule has 31 heavy (non-hydrogen) atoms. The van der Waals surface area contributed by atoms with Gasteiger partial charge in [-0.3, -0.25) is 4.99 Å². The Morgan fingerprint density at radius 3 is 2.58 bits per heavy atom. The second kappa shape index (κ2) is 10.4. The highest BCUT2D eigenvalue weighted by Gasteiger charge is 2.09. The predicted molar refractivity (Wildman–Crippen MR) is 136 cm³/mol. The molecule has 0 atom stereocenters. The summed E-state index contributed by atoms with van der Waals surface area (Å²) < 4.78 is 1.99. The molecule has 0 fully saturated rings. The molecule has 4 aromatic rings. The summed E-state index contributed by atoms with van der Waals surface area (Å²) in [5.74, 6) is 1.73. The third-order valence-corrected chi connectivity index (χ3v) is 4.99. The van der Waals surface area contributed by atoms with E-state index in [4.69, 9.17) is 0 Å². The maximum absolute atomic E-state index is 4.62. The predicted octanol–water partition coefficient (Wildman–Crippen LogP) is 3.89. The van der Waals surface area contributed by atoms with E-state index in [9.17, 15) is 0 Å². The molecule has 162 valence electrons. The number of aromatic nitrogens is 4. The van der Waals surface area contributed by atoms with Gasteiger partial charge in [-0.15, -0.1) is 24.0 Å². The molecule has 2 aromatic carbocycles. The fourth-order valence-electron chi connectivity index (χ4n) is 3.56. The van der Waals surface area contributed by atoms with Gasteiger partial charge in [0.25, 0.3) is 0 Å². The number of halogens is 1. The Balaban J connectivity index is 0.00000272. The number of aliphatic imine (C=N–C) groups is 1. The molecular formula is C23H28IN7. The van der Waals surface area contributed by atoms with E-state index in [-0.39, 0.29) is 24.0 Å². The molecule has 0 saturated heterocycles. The number of benzene rings is 2. The van der Waals surface area contributed by atoms with E-state index in [0.29, 0.717) is 6.54 Å². The van der Waals surface area contributed by atoms with Crippen LogP contribution in [-0.2, 0) is 13.0 Å². The number of para-hydroxylation sites is 3. The molecule has 7 nitrogen and oxygen atoms in total. The van der Waals surface area contributed by atoms with Gasteiger partial charge in [0.1, 0.15) is 5.82 Å². The zero-order chi connectivity index (χ0) is 20.9. The fourth-order valence-corrected chi connectivity index (χ4v) is 3.56. The molecule has 0 aliphatic carbocycles. The zero-order valence-electron chi connectivity index (χ0n) is 18.0. The maximum Gasteiger partial charge on any atom is 0.191 e. The SMILES string of the molecule is CN=C(NCCc1nc2ccccc2[nH]1)NCc1ccccc1-n1nc(C)cc1C.I. The van der Waals surface area contributed by atoms with Crippen molar-refractivity contribution < 1.29 is 0 Å². The van der Waals surface area contributed by atoms with E-state index in [1.54, 1.807) is 7.05 Å². The summed E-state index contributed by atoms with van der Waals surface area (Å²) in [5, 5.41) is 11.4. The minimum atomic E-state index is 0. The lowest BCUT2D eigenvalue weighted by Gasteiger charge is -2.15. The average Bonchev–Trinajstić information content (AvgIpc) is 3.32. The topological polar surface area (TPSA) is 82.9 Å². The first-order valence-corrected chi connectivity index (χ1v) is 10.1. The van der Waals surface area contributed by atoms with Crippen molar-refractivity contribution in [1.82, 2.24) is 30.4 Å². The van der Waals surface area contributed by atoms with Gasteiger partial charge in [-0.25, -0.2) is 9.67 Å². The van der Waals surface area contributed by atoms with Gasteiger partial charge in [-0.2, -0.15) is 5.10 Å². The number of imidazole rings is 1. The van der Waals surface area contributed by atoms with Crippen LogP contribution in [-0.4, -0.2) is 39.3 Å². The summed E-state index contributed by atoms with van der Waals surface area (Å²) in [6, 6.07) is 18.4. The summed E-state index contributed by atoms with van der Waals surface area (Å²) >= 11 is 0. The summed E-state index contributed by atoms with van der Waals surface area (Å²) in [5.41, 5.74) is 6.43. The molecule has 8 heteroatoms. The number of rotatable bonds is 6. The van der Waals surface area contributed by atoms with Crippen LogP contribution in [0.1, 0.15) is 22.8 Å². The van der Waals surface area contributed by atoms with Crippen LogP contribution < -0.4 is 10.6 Å². The van der Waals surface area contributed by atoms with Crippen molar-refractivity contribution in [3.8, 4) is 5.69 Å². The molecule has 0 spiro atoms. The minimum absolute atomic E-state index is 0. The van der Waals surface area contributed by atoms with Crippen LogP contribution >= 0.6 is 24.0 Å². The van der Waals surface area contributed by atoms with Crippen LogP contribution in [0.2, 0.25) is 0 Å². The molecule has 0 amide bonds. The monoisotopic (exact) mass is 529 g/mol. The Morgan fingerprint density at radius 1 is 1.06 bits per heavy atom. The lowest BCUT2D eigenvalue weighted by atomic mass is 10.1. The van der Waals surface area contributed by atoms with Crippen LogP contribution in [0.25, 0.3) is 16.7 Å². The maximum atomic E-state index is 4.62. The van der Waals surface area contributed by atoms with E-state index in [1.807, 2.05) is 48.0 Å². The third kappa shape index (κ3) is 5.43. The number of aromatic amines is 1. The Bertz CT molecular complexity index is 1140. The minimum Gasteiger partial charge on any atom is -0.356 e. The molecule has 0 bridgehead atoms. The van der Waals surface area contributed by atoms with E-state index in [1.165, 1.54) is 0 Å². The molecular weight excluding hydrogens is 501 g/mol. The van der Waals surface area contributed by atoms with Crippen molar-refractivity contribution in [3.05, 3.63) is 77.4 Å². The summed E-state index contributed by atoms with van der Waals surface area (Å²) in [6.07, 6.45) is 0.789. The van der Waals surface area contributed by atoms with Crippen LogP contribution in [0, 0.1) is 13.8 Å². The number of nitrogens with zero attached hydrogens (tertiary/aromatic N) is 4. The van der Waals surface area contributed by atoms with Crippen molar-refractivity contribution in [1.29, 1.82) is 0 Å². The van der Waals surface area contributed by atoms with Crippen molar-refractivity contribution in [3.63, 3.8) is 0 Å². The largest absolute Gasteiger partial charge is 0.356 e. The Kier molecular flexibility index (Phi) is 7.67. The molecule has 0 aliphatic heterocycles. The van der Waals surface area contributed by atoms with Crippen LogP contribution in [0.15, 0.2) is 59.6 Å². The highest BCUT2D eigenvalue weighted by molar-refractivity contribution is 14.0.